The van der Waals surface area contributed by atoms with Crippen LogP contribution in [-0.4, -0.2) is 22.4 Å². The van der Waals surface area contributed by atoms with E-state index < -0.39 is 17.4 Å². The summed E-state index contributed by atoms with van der Waals surface area (Å²) in [5.74, 6) is -1.18. The number of pyridine rings is 1. The van der Waals surface area contributed by atoms with Crippen molar-refractivity contribution < 1.29 is 9.59 Å². The molecule has 7 nitrogen and oxygen atoms in total. The zero-order chi connectivity index (χ0) is 18.3. The number of amides is 2. The van der Waals surface area contributed by atoms with Gasteiger partial charge in [0.25, 0.3) is 17.4 Å². The van der Waals surface area contributed by atoms with E-state index in [4.69, 9.17) is 5.73 Å². The summed E-state index contributed by atoms with van der Waals surface area (Å²) >= 11 is 0. The van der Waals surface area contributed by atoms with Gasteiger partial charge in [0.05, 0.1) is 22.5 Å². The van der Waals surface area contributed by atoms with E-state index in [1.165, 1.54) is 29.9 Å². The van der Waals surface area contributed by atoms with Crippen molar-refractivity contribution in [3.05, 3.63) is 51.8 Å². The number of carbonyl (C=O) groups is 2. The number of carbonyl (C=O) groups excluding carboxylic acids is 2. The third-order valence-corrected chi connectivity index (χ3v) is 5.06. The van der Waals surface area contributed by atoms with Crippen molar-refractivity contribution in [2.45, 2.75) is 38.1 Å². The van der Waals surface area contributed by atoms with Crippen molar-refractivity contribution in [3.63, 3.8) is 0 Å². The first-order valence-corrected chi connectivity index (χ1v) is 8.83. The Kier molecular flexibility index (Phi) is 3.99. The molecule has 2 heterocycles. The molecule has 26 heavy (non-hydrogen) atoms. The molecule has 2 aliphatic rings. The Morgan fingerprint density at radius 1 is 1.04 bits per heavy atom. The first-order valence-electron chi connectivity index (χ1n) is 8.83. The van der Waals surface area contributed by atoms with E-state index in [0.717, 1.165) is 18.5 Å². The summed E-state index contributed by atoms with van der Waals surface area (Å²) in [6.07, 6.45) is 5.78. The maximum atomic E-state index is 12.7. The zero-order valence-corrected chi connectivity index (χ0v) is 14.2. The average Bonchev–Trinajstić information content (AvgIpc) is 2.91. The minimum atomic E-state index is -0.588. The van der Waals surface area contributed by atoms with Crippen LogP contribution in [-0.2, 0) is 0 Å². The van der Waals surface area contributed by atoms with Crippen molar-refractivity contribution in [3.8, 4) is 5.69 Å². The van der Waals surface area contributed by atoms with Crippen LogP contribution in [0.1, 0.15) is 52.8 Å². The van der Waals surface area contributed by atoms with Gasteiger partial charge in [-0.15, -0.1) is 0 Å². The molecule has 0 radical (unpaired) electrons. The van der Waals surface area contributed by atoms with Crippen molar-refractivity contribution in [1.82, 2.24) is 9.88 Å². The molecule has 2 aromatic rings. The summed E-state index contributed by atoms with van der Waals surface area (Å²) in [6, 6.07) is 8.90. The van der Waals surface area contributed by atoms with Crippen LogP contribution in [0.15, 0.2) is 35.1 Å². The SMILES string of the molecule is Nc1c2c(cc(=O)n1-c1ccccc1NC1CCCCC1)C(=O)NC2=O. The maximum absolute atomic E-state index is 12.7. The van der Waals surface area contributed by atoms with Gasteiger partial charge in [-0.2, -0.15) is 0 Å². The lowest BCUT2D eigenvalue weighted by molar-refractivity contribution is 0.0880. The second kappa shape index (κ2) is 6.33. The van der Waals surface area contributed by atoms with Crippen LogP contribution in [0.5, 0.6) is 0 Å². The summed E-state index contributed by atoms with van der Waals surface area (Å²) in [5, 5.41) is 5.69. The van der Waals surface area contributed by atoms with Gasteiger partial charge in [0.2, 0.25) is 0 Å². The topological polar surface area (TPSA) is 106 Å². The van der Waals surface area contributed by atoms with E-state index in [1.54, 1.807) is 6.07 Å². The van der Waals surface area contributed by atoms with E-state index in [-0.39, 0.29) is 16.9 Å². The summed E-state index contributed by atoms with van der Waals surface area (Å²) in [5.41, 5.74) is 7.16. The quantitative estimate of drug-likeness (QED) is 0.733. The molecule has 1 aliphatic carbocycles. The molecule has 4 N–H and O–H groups in total. The largest absolute Gasteiger partial charge is 0.384 e. The molecule has 4 rings (SSSR count). The fourth-order valence-electron chi connectivity index (χ4n) is 3.79. The van der Waals surface area contributed by atoms with E-state index in [2.05, 4.69) is 10.6 Å². The highest BCUT2D eigenvalue weighted by Gasteiger charge is 2.32. The molecular formula is C19H20N4O3. The van der Waals surface area contributed by atoms with Crippen molar-refractivity contribution in [1.29, 1.82) is 0 Å². The Bertz CT molecular complexity index is 958. The van der Waals surface area contributed by atoms with Crippen molar-refractivity contribution >= 4 is 23.3 Å². The fraction of sp³-hybridized carbons (Fsp3) is 0.316. The van der Waals surface area contributed by atoms with Gasteiger partial charge < -0.3 is 11.1 Å². The minimum Gasteiger partial charge on any atom is -0.384 e. The fourth-order valence-corrected chi connectivity index (χ4v) is 3.79. The second-order valence-corrected chi connectivity index (χ2v) is 6.77. The highest BCUT2D eigenvalue weighted by molar-refractivity contribution is 6.23. The van der Waals surface area contributed by atoms with E-state index in [1.807, 2.05) is 18.2 Å². The van der Waals surface area contributed by atoms with Crippen LogP contribution >= 0.6 is 0 Å². The van der Waals surface area contributed by atoms with Crippen LogP contribution in [0.4, 0.5) is 11.5 Å². The Labute approximate surface area is 150 Å². The zero-order valence-electron chi connectivity index (χ0n) is 14.2. The summed E-state index contributed by atoms with van der Waals surface area (Å²) < 4.78 is 1.29. The number of anilines is 2. The Hall–Kier alpha value is -3.09. The number of hydrogen-bond acceptors (Lipinski definition) is 5. The number of nitrogens with one attached hydrogen (secondary N) is 2. The van der Waals surface area contributed by atoms with Gasteiger partial charge >= 0.3 is 0 Å². The predicted molar refractivity (Wildman–Crippen MR) is 98.7 cm³/mol. The van der Waals surface area contributed by atoms with Gasteiger partial charge in [-0.1, -0.05) is 31.4 Å². The van der Waals surface area contributed by atoms with Gasteiger partial charge in [-0.25, -0.2) is 0 Å². The Morgan fingerprint density at radius 3 is 2.54 bits per heavy atom. The third-order valence-electron chi connectivity index (χ3n) is 5.06. The molecule has 0 saturated heterocycles. The molecule has 2 amide bonds. The predicted octanol–water partition coefficient (Wildman–Crippen LogP) is 2.05. The number of rotatable bonds is 3. The van der Waals surface area contributed by atoms with Gasteiger partial charge in [-0.05, 0) is 25.0 Å². The Balaban J connectivity index is 1.82. The molecular weight excluding hydrogens is 332 g/mol. The number of hydrogen-bond donors (Lipinski definition) is 3. The summed E-state index contributed by atoms with van der Waals surface area (Å²) in [7, 11) is 0. The van der Waals surface area contributed by atoms with Crippen LogP contribution in [0.3, 0.4) is 0 Å². The molecule has 1 fully saturated rings. The molecule has 1 aromatic heterocycles. The Morgan fingerprint density at radius 2 is 1.77 bits per heavy atom. The average molecular weight is 352 g/mol. The third kappa shape index (κ3) is 2.65. The van der Waals surface area contributed by atoms with E-state index in [0.29, 0.717) is 11.7 Å². The van der Waals surface area contributed by atoms with E-state index in [9.17, 15) is 14.4 Å². The van der Waals surface area contributed by atoms with Crippen molar-refractivity contribution in [2.75, 3.05) is 11.1 Å². The van der Waals surface area contributed by atoms with Crippen LogP contribution in [0.25, 0.3) is 5.69 Å². The standard InChI is InChI=1S/C19H20N4O3/c20-17-16-12(18(25)22-19(16)26)10-15(24)23(17)14-9-5-4-8-13(14)21-11-6-2-1-3-7-11/h4-5,8-11,21H,1-3,6-7,20H2,(H,22,25,26). The van der Waals surface area contributed by atoms with Gasteiger partial charge in [0.1, 0.15) is 5.82 Å². The first-order chi connectivity index (χ1) is 12.6. The highest BCUT2D eigenvalue weighted by atomic mass is 16.2. The summed E-state index contributed by atoms with van der Waals surface area (Å²) in [6.45, 7) is 0. The smallest absolute Gasteiger partial charge is 0.262 e. The lowest BCUT2D eigenvalue weighted by atomic mass is 9.95. The molecule has 1 aromatic carbocycles. The van der Waals surface area contributed by atoms with E-state index >= 15 is 0 Å². The van der Waals surface area contributed by atoms with Crippen LogP contribution in [0.2, 0.25) is 0 Å². The first kappa shape index (κ1) is 16.4. The number of nitrogens with two attached hydrogens (primary N) is 1. The molecule has 0 spiro atoms. The number of nitrogens with zero attached hydrogens (tertiary/aromatic N) is 1. The molecule has 7 heteroatoms. The lowest BCUT2D eigenvalue weighted by Gasteiger charge is -2.25. The molecule has 1 saturated carbocycles. The van der Waals surface area contributed by atoms with Gasteiger partial charge in [0.15, 0.2) is 0 Å². The number of nitrogen functional groups attached to an aromatic ring is 1. The number of para-hydroxylation sites is 2. The maximum Gasteiger partial charge on any atom is 0.262 e. The second-order valence-electron chi connectivity index (χ2n) is 6.77. The molecule has 0 atom stereocenters. The van der Waals surface area contributed by atoms with Crippen LogP contribution in [0, 0.1) is 0 Å². The van der Waals surface area contributed by atoms with Gasteiger partial charge in [-0.3, -0.25) is 24.3 Å². The van der Waals surface area contributed by atoms with Gasteiger partial charge in [0, 0.05) is 12.1 Å². The monoisotopic (exact) mass is 352 g/mol. The number of aromatic nitrogens is 1. The van der Waals surface area contributed by atoms with Crippen LogP contribution < -0.4 is 21.9 Å². The normalized spacial score (nSPS) is 17.1. The molecule has 0 unspecified atom stereocenters. The minimum absolute atomic E-state index is 0.0197. The molecule has 1 aliphatic heterocycles. The highest BCUT2D eigenvalue weighted by Crippen LogP contribution is 2.29. The lowest BCUT2D eigenvalue weighted by Crippen LogP contribution is -2.27. The summed E-state index contributed by atoms with van der Waals surface area (Å²) in [4.78, 5) is 36.5. The number of fused-ring (bicyclic) bond motifs is 1. The number of benzene rings is 1. The molecule has 134 valence electrons. The van der Waals surface area contributed by atoms with Crippen molar-refractivity contribution in [2.24, 2.45) is 0 Å². The number of imide groups is 1. The molecule has 0 bridgehead atoms.